The number of thioether (sulfide) groups is 1. The molecule has 0 unspecified atom stereocenters. The van der Waals surface area contributed by atoms with E-state index in [1.165, 1.54) is 13.4 Å². The van der Waals surface area contributed by atoms with Crippen LogP contribution < -0.4 is 0 Å². The van der Waals surface area contributed by atoms with Gasteiger partial charge in [0, 0.05) is 22.3 Å². The minimum atomic E-state index is -0.473. The van der Waals surface area contributed by atoms with E-state index >= 15 is 0 Å². The summed E-state index contributed by atoms with van der Waals surface area (Å²) < 4.78 is 10.0. The molecule has 0 amide bonds. The number of ether oxygens (including phenoxy) is 1. The lowest BCUT2D eigenvalue weighted by Crippen LogP contribution is -2.02. The van der Waals surface area contributed by atoms with E-state index in [4.69, 9.17) is 9.15 Å². The molecule has 0 atom stereocenters. The fourth-order valence-electron chi connectivity index (χ4n) is 2.65. The standard InChI is InChI=1S/C19H14N2O3S2/c1-23-19(22)16-13(7-8-24-16)9-25-17-15-14(12-5-3-2-4-6-12)10-26-18(15)21-11-20-17/h2-8,10-11H,9H2,1H3. The number of fused-ring (bicyclic) bond motifs is 1. The van der Waals surface area contributed by atoms with Gasteiger partial charge in [0.15, 0.2) is 0 Å². The molecular weight excluding hydrogens is 368 g/mol. The lowest BCUT2D eigenvalue weighted by atomic mass is 10.1. The summed E-state index contributed by atoms with van der Waals surface area (Å²) in [5, 5.41) is 4.03. The molecule has 0 aliphatic rings. The maximum atomic E-state index is 11.8. The topological polar surface area (TPSA) is 65.2 Å². The Bertz CT molecular complexity index is 1060. The van der Waals surface area contributed by atoms with Crippen LogP contribution >= 0.6 is 23.1 Å². The smallest absolute Gasteiger partial charge is 0.374 e. The highest BCUT2D eigenvalue weighted by Gasteiger charge is 2.18. The second-order valence-electron chi connectivity index (χ2n) is 5.43. The van der Waals surface area contributed by atoms with E-state index in [0.717, 1.165) is 31.9 Å². The van der Waals surface area contributed by atoms with E-state index in [0.29, 0.717) is 5.75 Å². The molecule has 130 valence electrons. The van der Waals surface area contributed by atoms with E-state index in [1.54, 1.807) is 35.5 Å². The lowest BCUT2D eigenvalue weighted by Gasteiger charge is -2.05. The summed E-state index contributed by atoms with van der Waals surface area (Å²) in [5.41, 5.74) is 3.04. The summed E-state index contributed by atoms with van der Waals surface area (Å²) in [7, 11) is 1.34. The van der Waals surface area contributed by atoms with Crippen molar-refractivity contribution in [3.63, 3.8) is 0 Å². The first kappa shape index (κ1) is 16.8. The van der Waals surface area contributed by atoms with Gasteiger partial charge in [-0.15, -0.1) is 23.1 Å². The molecule has 1 aromatic carbocycles. The van der Waals surface area contributed by atoms with Gasteiger partial charge in [0.1, 0.15) is 16.2 Å². The Morgan fingerprint density at radius 1 is 1.23 bits per heavy atom. The predicted molar refractivity (Wildman–Crippen MR) is 102 cm³/mol. The molecule has 4 aromatic rings. The molecule has 0 aliphatic carbocycles. The van der Waals surface area contributed by atoms with Crippen molar-refractivity contribution in [2.45, 2.75) is 10.8 Å². The summed E-state index contributed by atoms with van der Waals surface area (Å²) in [6.45, 7) is 0. The highest BCUT2D eigenvalue weighted by molar-refractivity contribution is 7.98. The van der Waals surface area contributed by atoms with Gasteiger partial charge < -0.3 is 9.15 Å². The minimum Gasteiger partial charge on any atom is -0.463 e. The number of nitrogens with zero attached hydrogens (tertiary/aromatic N) is 2. The van der Waals surface area contributed by atoms with Gasteiger partial charge in [-0.05, 0) is 11.6 Å². The average molecular weight is 382 g/mol. The maximum Gasteiger partial charge on any atom is 0.374 e. The van der Waals surface area contributed by atoms with Crippen LogP contribution in [0.1, 0.15) is 16.1 Å². The van der Waals surface area contributed by atoms with Crippen LogP contribution in [0.2, 0.25) is 0 Å². The van der Waals surface area contributed by atoms with E-state index in [-0.39, 0.29) is 5.76 Å². The number of hydrogen-bond acceptors (Lipinski definition) is 7. The van der Waals surface area contributed by atoms with Gasteiger partial charge in [-0.1, -0.05) is 30.3 Å². The molecule has 0 bridgehead atoms. The Kier molecular flexibility index (Phi) is 4.73. The summed E-state index contributed by atoms with van der Waals surface area (Å²) in [5.74, 6) is 0.315. The quantitative estimate of drug-likeness (QED) is 0.274. The van der Waals surface area contributed by atoms with Gasteiger partial charge in [0.05, 0.1) is 18.8 Å². The summed E-state index contributed by atoms with van der Waals surface area (Å²) in [4.78, 5) is 21.6. The first-order valence-corrected chi connectivity index (χ1v) is 9.69. The maximum absolute atomic E-state index is 11.8. The fraction of sp³-hybridized carbons (Fsp3) is 0.105. The van der Waals surface area contributed by atoms with Crippen molar-refractivity contribution in [3.05, 3.63) is 65.7 Å². The van der Waals surface area contributed by atoms with Gasteiger partial charge >= 0.3 is 5.97 Å². The molecule has 5 nitrogen and oxygen atoms in total. The van der Waals surface area contributed by atoms with Crippen molar-refractivity contribution >= 4 is 39.3 Å². The van der Waals surface area contributed by atoms with E-state index in [2.05, 4.69) is 27.5 Å². The van der Waals surface area contributed by atoms with Crippen LogP contribution in [0.15, 0.2) is 63.8 Å². The molecule has 0 fully saturated rings. The molecule has 3 aromatic heterocycles. The molecule has 0 radical (unpaired) electrons. The zero-order valence-electron chi connectivity index (χ0n) is 13.8. The van der Waals surface area contributed by atoms with E-state index in [1.807, 2.05) is 18.2 Å². The predicted octanol–water partition coefficient (Wildman–Crippen LogP) is 5.03. The normalized spacial score (nSPS) is 11.0. The van der Waals surface area contributed by atoms with Crippen LogP contribution in [-0.4, -0.2) is 23.0 Å². The largest absolute Gasteiger partial charge is 0.463 e. The monoisotopic (exact) mass is 382 g/mol. The van der Waals surface area contributed by atoms with Crippen LogP contribution in [0.5, 0.6) is 0 Å². The number of rotatable bonds is 5. The molecule has 7 heteroatoms. The van der Waals surface area contributed by atoms with Gasteiger partial charge in [-0.2, -0.15) is 0 Å². The second kappa shape index (κ2) is 7.31. The first-order valence-electron chi connectivity index (χ1n) is 7.83. The number of furan rings is 1. The third-order valence-corrected chi connectivity index (χ3v) is 5.83. The molecule has 3 heterocycles. The SMILES string of the molecule is COC(=O)c1occc1CSc1ncnc2scc(-c3ccccc3)c12. The Balaban J connectivity index is 1.69. The van der Waals surface area contributed by atoms with Gasteiger partial charge in [-0.3, -0.25) is 0 Å². The molecule has 0 spiro atoms. The zero-order valence-corrected chi connectivity index (χ0v) is 15.5. The van der Waals surface area contributed by atoms with Crippen molar-refractivity contribution in [1.29, 1.82) is 0 Å². The summed E-state index contributed by atoms with van der Waals surface area (Å²) >= 11 is 3.15. The zero-order chi connectivity index (χ0) is 17.9. The van der Waals surface area contributed by atoms with Crippen molar-refractivity contribution in [1.82, 2.24) is 9.97 Å². The minimum absolute atomic E-state index is 0.235. The Morgan fingerprint density at radius 2 is 2.08 bits per heavy atom. The van der Waals surface area contributed by atoms with Crippen LogP contribution in [0.25, 0.3) is 21.3 Å². The first-order chi connectivity index (χ1) is 12.8. The number of aromatic nitrogens is 2. The fourth-order valence-corrected chi connectivity index (χ4v) is 4.63. The Morgan fingerprint density at radius 3 is 2.88 bits per heavy atom. The average Bonchev–Trinajstić information content (AvgIpc) is 3.33. The molecule has 0 N–H and O–H groups in total. The molecule has 0 saturated carbocycles. The molecule has 4 rings (SSSR count). The van der Waals surface area contributed by atoms with E-state index in [9.17, 15) is 4.79 Å². The van der Waals surface area contributed by atoms with Crippen LogP contribution in [0.4, 0.5) is 0 Å². The van der Waals surface area contributed by atoms with Crippen molar-refractivity contribution in [2.75, 3.05) is 7.11 Å². The highest BCUT2D eigenvalue weighted by atomic mass is 32.2. The van der Waals surface area contributed by atoms with Crippen LogP contribution in [-0.2, 0) is 10.5 Å². The Hall–Kier alpha value is -2.64. The number of methoxy groups -OCH3 is 1. The molecule has 0 aliphatic heterocycles. The third-order valence-electron chi connectivity index (χ3n) is 3.90. The second-order valence-corrected chi connectivity index (χ2v) is 7.25. The Labute approximate surface area is 158 Å². The third kappa shape index (κ3) is 3.11. The number of carbonyl (C=O) groups excluding carboxylic acids is 1. The lowest BCUT2D eigenvalue weighted by molar-refractivity contribution is 0.0564. The number of thiophene rings is 1. The van der Waals surface area contributed by atoms with Crippen molar-refractivity contribution in [3.8, 4) is 11.1 Å². The number of hydrogen-bond donors (Lipinski definition) is 0. The summed E-state index contributed by atoms with van der Waals surface area (Å²) in [6.07, 6.45) is 3.07. The van der Waals surface area contributed by atoms with Crippen LogP contribution in [0, 0.1) is 0 Å². The number of carbonyl (C=O) groups is 1. The number of esters is 1. The molecule has 0 saturated heterocycles. The van der Waals surface area contributed by atoms with Crippen molar-refractivity contribution in [2.24, 2.45) is 0 Å². The van der Waals surface area contributed by atoms with Crippen LogP contribution in [0.3, 0.4) is 0 Å². The molecular formula is C19H14N2O3S2. The van der Waals surface area contributed by atoms with Crippen molar-refractivity contribution < 1.29 is 13.9 Å². The molecule has 26 heavy (non-hydrogen) atoms. The summed E-state index contributed by atoms with van der Waals surface area (Å²) in [6, 6.07) is 12.0. The van der Waals surface area contributed by atoms with Gasteiger partial charge in [0.25, 0.3) is 0 Å². The van der Waals surface area contributed by atoms with Gasteiger partial charge in [0.2, 0.25) is 5.76 Å². The highest BCUT2D eigenvalue weighted by Crippen LogP contribution is 2.38. The van der Waals surface area contributed by atoms with Gasteiger partial charge in [-0.25, -0.2) is 14.8 Å². The number of benzene rings is 1. The van der Waals surface area contributed by atoms with E-state index < -0.39 is 5.97 Å².